The highest BCUT2D eigenvalue weighted by Gasteiger charge is 2.42. The maximum Gasteiger partial charge on any atom is 0.294 e. The van der Waals surface area contributed by atoms with Crippen molar-refractivity contribution in [1.29, 1.82) is 0 Å². The molecule has 0 bridgehead atoms. The molecular formula is C21H28FN3O3Si. The van der Waals surface area contributed by atoms with Gasteiger partial charge in [0.1, 0.15) is 5.82 Å². The van der Waals surface area contributed by atoms with E-state index in [2.05, 4.69) is 31.1 Å². The zero-order valence-electron chi connectivity index (χ0n) is 17.7. The molecule has 1 heterocycles. The first-order valence-corrected chi connectivity index (χ1v) is 12.6. The van der Waals surface area contributed by atoms with E-state index >= 15 is 0 Å². The summed E-state index contributed by atoms with van der Waals surface area (Å²) in [6, 6.07) is 6.23. The van der Waals surface area contributed by atoms with Gasteiger partial charge in [0.05, 0.1) is 6.33 Å². The predicted molar refractivity (Wildman–Crippen MR) is 112 cm³/mol. The number of amides is 1. The first-order chi connectivity index (χ1) is 13.4. The number of hydrogen-bond donors (Lipinski definition) is 1. The van der Waals surface area contributed by atoms with Crippen LogP contribution in [0.1, 0.15) is 49.2 Å². The molecule has 1 fully saturated rings. The van der Waals surface area contributed by atoms with Crippen LogP contribution in [-0.4, -0.2) is 29.8 Å². The third kappa shape index (κ3) is 4.42. The first-order valence-electron chi connectivity index (χ1n) is 9.71. The summed E-state index contributed by atoms with van der Waals surface area (Å²) >= 11 is 0. The largest absolute Gasteiger partial charge is 0.538 e. The van der Waals surface area contributed by atoms with Gasteiger partial charge in [-0.1, -0.05) is 32.9 Å². The molecule has 0 spiro atoms. The van der Waals surface area contributed by atoms with Gasteiger partial charge in [-0.05, 0) is 42.2 Å². The number of aryl methyl sites for hydroxylation is 1. The second kappa shape index (κ2) is 7.40. The fourth-order valence-corrected chi connectivity index (χ4v) is 3.85. The highest BCUT2D eigenvalue weighted by atomic mass is 28.4. The molecule has 1 saturated carbocycles. The van der Waals surface area contributed by atoms with E-state index in [0.29, 0.717) is 0 Å². The normalized spacial score (nSPS) is 19.0. The third-order valence-electron chi connectivity index (χ3n) is 5.87. The lowest BCUT2D eigenvalue weighted by Crippen LogP contribution is -2.46. The molecule has 2 atom stereocenters. The Kier molecular flexibility index (Phi) is 5.42. The van der Waals surface area contributed by atoms with Gasteiger partial charge in [0.25, 0.3) is 19.8 Å². The minimum Gasteiger partial charge on any atom is -0.538 e. The zero-order valence-corrected chi connectivity index (χ0v) is 18.7. The highest BCUT2D eigenvalue weighted by molar-refractivity contribution is 6.74. The van der Waals surface area contributed by atoms with E-state index in [0.717, 1.165) is 12.0 Å². The summed E-state index contributed by atoms with van der Waals surface area (Å²) in [5, 5.41) is 2.80. The van der Waals surface area contributed by atoms with Gasteiger partial charge in [0.2, 0.25) is 5.75 Å². The number of carbonyl (C=O) groups excluding carboxylic acids is 1. The molecule has 156 valence electrons. The highest BCUT2D eigenvalue weighted by Crippen LogP contribution is 2.41. The van der Waals surface area contributed by atoms with Crippen LogP contribution in [0.3, 0.4) is 0 Å². The van der Waals surface area contributed by atoms with E-state index in [1.165, 1.54) is 23.0 Å². The monoisotopic (exact) mass is 417 g/mol. The van der Waals surface area contributed by atoms with Crippen LogP contribution in [0.25, 0.3) is 0 Å². The van der Waals surface area contributed by atoms with Crippen molar-refractivity contribution in [1.82, 2.24) is 14.9 Å². The van der Waals surface area contributed by atoms with Crippen molar-refractivity contribution in [2.45, 2.75) is 57.3 Å². The smallest absolute Gasteiger partial charge is 0.294 e. The summed E-state index contributed by atoms with van der Waals surface area (Å²) < 4.78 is 20.6. The number of benzene rings is 1. The molecule has 1 aliphatic rings. The van der Waals surface area contributed by atoms with E-state index in [1.807, 2.05) is 13.1 Å². The molecule has 0 radical (unpaired) electrons. The van der Waals surface area contributed by atoms with Crippen molar-refractivity contribution in [3.63, 3.8) is 0 Å². The fraction of sp³-hybridized carbons (Fsp3) is 0.476. The van der Waals surface area contributed by atoms with Gasteiger partial charge in [0.15, 0.2) is 5.69 Å². The van der Waals surface area contributed by atoms with Crippen LogP contribution >= 0.6 is 0 Å². The lowest BCUT2D eigenvalue weighted by Gasteiger charge is -2.36. The maximum atomic E-state index is 13.1. The molecule has 0 saturated heterocycles. The zero-order chi connectivity index (χ0) is 21.6. The van der Waals surface area contributed by atoms with Gasteiger partial charge in [-0.25, -0.2) is 9.37 Å². The Morgan fingerprint density at radius 2 is 1.90 bits per heavy atom. The number of carbonyl (C=O) groups is 1. The molecule has 8 heteroatoms. The number of nitrogens with one attached hydrogen (secondary N) is 1. The van der Waals surface area contributed by atoms with Crippen molar-refractivity contribution in [3.05, 3.63) is 58.0 Å². The van der Waals surface area contributed by atoms with Crippen LogP contribution in [0.4, 0.5) is 4.39 Å². The molecule has 6 nitrogen and oxygen atoms in total. The molecular weight excluding hydrogens is 389 g/mol. The molecule has 1 N–H and O–H groups in total. The Morgan fingerprint density at radius 3 is 2.48 bits per heavy atom. The SMILES string of the molecule is Cn1cnc(C(=O)NC2CC2c2ccc(F)cc2)c(O[Si](C)(C)C(C)(C)C)c1=O. The van der Waals surface area contributed by atoms with Crippen LogP contribution < -0.4 is 15.3 Å². The summed E-state index contributed by atoms with van der Waals surface area (Å²) in [5.74, 6) is -0.563. The van der Waals surface area contributed by atoms with Gasteiger partial charge in [-0.15, -0.1) is 0 Å². The van der Waals surface area contributed by atoms with Crippen LogP contribution in [-0.2, 0) is 7.05 Å². The average Bonchev–Trinajstić information content (AvgIpc) is 3.37. The molecule has 29 heavy (non-hydrogen) atoms. The van der Waals surface area contributed by atoms with Crippen molar-refractivity contribution < 1.29 is 13.6 Å². The molecule has 1 aromatic heterocycles. The first kappa shape index (κ1) is 21.2. The van der Waals surface area contributed by atoms with Crippen molar-refractivity contribution >= 4 is 14.2 Å². The molecule has 0 aliphatic heterocycles. The molecule has 1 amide bonds. The number of halogens is 1. The van der Waals surface area contributed by atoms with Gasteiger partial charge < -0.3 is 9.74 Å². The standard InChI is InChI=1S/C21H28FN3O3Si/c1-21(2,3)29(5,6)28-18-17(23-12-25(4)20(18)27)19(26)24-16-11-15(16)13-7-9-14(22)10-8-13/h7-10,12,15-16H,11H2,1-6H3,(H,24,26). The molecule has 2 aromatic rings. The van der Waals surface area contributed by atoms with E-state index in [1.54, 1.807) is 19.2 Å². The number of aromatic nitrogens is 2. The summed E-state index contributed by atoms with van der Waals surface area (Å²) in [6.45, 7) is 10.2. The summed E-state index contributed by atoms with van der Waals surface area (Å²) in [7, 11) is -0.758. The van der Waals surface area contributed by atoms with Crippen molar-refractivity contribution in [2.24, 2.45) is 7.05 Å². The lowest BCUT2D eigenvalue weighted by atomic mass is 10.1. The Hall–Kier alpha value is -2.48. The van der Waals surface area contributed by atoms with Crippen molar-refractivity contribution in [3.8, 4) is 5.75 Å². The third-order valence-corrected chi connectivity index (χ3v) is 10.2. The maximum absolute atomic E-state index is 13.1. The van der Waals surface area contributed by atoms with Gasteiger partial charge in [0, 0.05) is 19.0 Å². The fourth-order valence-electron chi connectivity index (χ4n) is 2.85. The van der Waals surface area contributed by atoms with Crippen molar-refractivity contribution in [2.75, 3.05) is 0 Å². The lowest BCUT2D eigenvalue weighted by molar-refractivity contribution is 0.0942. The minimum absolute atomic E-state index is 0.0121. The Bertz CT molecular complexity index is 980. The quantitative estimate of drug-likeness (QED) is 0.755. The van der Waals surface area contributed by atoms with E-state index < -0.39 is 14.2 Å². The average molecular weight is 418 g/mol. The van der Waals surface area contributed by atoms with Crippen LogP contribution in [0, 0.1) is 5.82 Å². The number of rotatable bonds is 5. The molecule has 3 rings (SSSR count). The molecule has 2 unspecified atom stereocenters. The minimum atomic E-state index is -2.34. The Balaban J connectivity index is 1.82. The number of nitrogens with zero attached hydrogens (tertiary/aromatic N) is 2. The Labute approximate surface area is 171 Å². The number of hydrogen-bond acceptors (Lipinski definition) is 4. The predicted octanol–water partition coefficient (Wildman–Crippen LogP) is 3.59. The molecule has 1 aliphatic carbocycles. The topological polar surface area (TPSA) is 73.2 Å². The second-order valence-electron chi connectivity index (χ2n) is 9.17. The summed E-state index contributed by atoms with van der Waals surface area (Å²) in [4.78, 5) is 29.8. The van der Waals surface area contributed by atoms with Crippen LogP contribution in [0.5, 0.6) is 5.75 Å². The second-order valence-corrected chi connectivity index (χ2v) is 13.9. The van der Waals surface area contributed by atoms with E-state index in [-0.39, 0.29) is 39.8 Å². The Morgan fingerprint density at radius 1 is 1.28 bits per heavy atom. The van der Waals surface area contributed by atoms with E-state index in [9.17, 15) is 14.0 Å². The van der Waals surface area contributed by atoms with Gasteiger partial charge in [-0.3, -0.25) is 14.2 Å². The van der Waals surface area contributed by atoms with Gasteiger partial charge in [-0.2, -0.15) is 0 Å². The van der Waals surface area contributed by atoms with E-state index in [4.69, 9.17) is 4.43 Å². The summed E-state index contributed by atoms with van der Waals surface area (Å²) in [6.07, 6.45) is 2.10. The van der Waals surface area contributed by atoms with Crippen LogP contribution in [0.2, 0.25) is 18.1 Å². The van der Waals surface area contributed by atoms with Gasteiger partial charge >= 0.3 is 0 Å². The summed E-state index contributed by atoms with van der Waals surface area (Å²) in [5.41, 5.74) is 0.620. The molecule has 1 aromatic carbocycles. The van der Waals surface area contributed by atoms with Crippen LogP contribution in [0.15, 0.2) is 35.4 Å².